The van der Waals surface area contributed by atoms with Crippen molar-refractivity contribution in [2.75, 3.05) is 6.26 Å². The molecular formula is C30H25F4N3O5S. The van der Waals surface area contributed by atoms with Gasteiger partial charge < -0.3 is 18.8 Å². The Labute approximate surface area is 244 Å². The van der Waals surface area contributed by atoms with Crippen LogP contribution in [-0.4, -0.2) is 40.9 Å². The average Bonchev–Trinajstić information content (AvgIpc) is 3.48. The number of aryl methyl sites for hydroxylation is 3. The highest BCUT2D eigenvalue weighted by Gasteiger charge is 2.24. The van der Waals surface area contributed by atoms with E-state index in [1.54, 1.807) is 42.8 Å². The van der Waals surface area contributed by atoms with Crippen LogP contribution in [-0.2, 0) is 16.4 Å². The fourth-order valence-electron chi connectivity index (χ4n) is 4.88. The largest absolute Gasteiger partial charge is 0.440 e. The normalized spacial score (nSPS) is 11.9. The van der Waals surface area contributed by atoms with Crippen molar-refractivity contribution in [3.63, 3.8) is 0 Å². The Morgan fingerprint density at radius 1 is 0.953 bits per heavy atom. The minimum atomic E-state index is -3.91. The summed E-state index contributed by atoms with van der Waals surface area (Å²) in [5.74, 6) is -1.64. The van der Waals surface area contributed by atoms with E-state index in [-0.39, 0.29) is 38.9 Å². The van der Waals surface area contributed by atoms with Crippen molar-refractivity contribution < 1.29 is 40.2 Å². The fourth-order valence-corrected chi connectivity index (χ4v) is 5.83. The zero-order valence-electron chi connectivity index (χ0n) is 23.3. The van der Waals surface area contributed by atoms with Crippen LogP contribution in [0.1, 0.15) is 23.0 Å². The third kappa shape index (κ3) is 5.90. The number of aliphatic hydroxyl groups excluding tert-OH is 1. The number of hydrogen-bond donors (Lipinski definition) is 1. The van der Waals surface area contributed by atoms with E-state index >= 15 is 4.39 Å². The Morgan fingerprint density at radius 3 is 2.30 bits per heavy atom. The maximum absolute atomic E-state index is 15.0. The quantitative estimate of drug-likeness (QED) is 0.197. The zero-order chi connectivity index (χ0) is 31.2. The van der Waals surface area contributed by atoms with Gasteiger partial charge in [0.25, 0.3) is 0 Å². The first-order chi connectivity index (χ1) is 20.3. The predicted octanol–water partition coefficient (Wildman–Crippen LogP) is 6.56. The molecule has 0 fully saturated rings. The number of ether oxygens (including phenoxy) is 1. The highest BCUT2D eigenvalue weighted by Crippen LogP contribution is 2.40. The van der Waals surface area contributed by atoms with Gasteiger partial charge in [-0.1, -0.05) is 6.07 Å². The summed E-state index contributed by atoms with van der Waals surface area (Å²) in [5, 5.41) is 9.63. The molecule has 2 heterocycles. The van der Waals surface area contributed by atoms with Gasteiger partial charge in [0, 0.05) is 36.1 Å². The van der Waals surface area contributed by atoms with Crippen LogP contribution in [0.5, 0.6) is 5.75 Å². The summed E-state index contributed by atoms with van der Waals surface area (Å²) in [6.45, 7) is 1.10. The lowest BCUT2D eigenvalue weighted by atomic mass is 9.97. The van der Waals surface area contributed by atoms with Crippen LogP contribution in [0.4, 0.5) is 17.6 Å². The molecular weight excluding hydrogens is 590 g/mol. The van der Waals surface area contributed by atoms with Gasteiger partial charge in [-0.3, -0.25) is 0 Å². The first-order valence-corrected chi connectivity index (χ1v) is 14.7. The molecule has 0 aliphatic rings. The van der Waals surface area contributed by atoms with Crippen molar-refractivity contribution in [2.24, 2.45) is 0 Å². The van der Waals surface area contributed by atoms with Crippen molar-refractivity contribution in [3.05, 3.63) is 89.3 Å². The summed E-state index contributed by atoms with van der Waals surface area (Å²) < 4.78 is 92.0. The number of aliphatic hydroxyl groups is 1. The van der Waals surface area contributed by atoms with Gasteiger partial charge in [-0.15, -0.1) is 0 Å². The number of imidazole rings is 1. The minimum Gasteiger partial charge on any atom is -0.440 e. The summed E-state index contributed by atoms with van der Waals surface area (Å²) in [5.41, 5.74) is 2.41. The van der Waals surface area contributed by atoms with Crippen molar-refractivity contribution in [3.8, 4) is 45.1 Å². The summed E-state index contributed by atoms with van der Waals surface area (Å²) in [6.07, 6.45) is 2.70. The van der Waals surface area contributed by atoms with E-state index in [0.29, 0.717) is 22.6 Å². The number of alkyl halides is 2. The van der Waals surface area contributed by atoms with Crippen molar-refractivity contribution in [1.82, 2.24) is 14.5 Å². The highest BCUT2D eigenvalue weighted by atomic mass is 32.2. The monoisotopic (exact) mass is 615 g/mol. The Morgan fingerprint density at radius 2 is 1.67 bits per heavy atom. The van der Waals surface area contributed by atoms with E-state index < -0.39 is 40.4 Å². The average molecular weight is 616 g/mol. The maximum Gasteiger partial charge on any atom is 0.387 e. The molecule has 8 nitrogen and oxygen atoms in total. The molecule has 3 aromatic carbocycles. The third-order valence-corrected chi connectivity index (χ3v) is 7.87. The van der Waals surface area contributed by atoms with Gasteiger partial charge in [0.2, 0.25) is 0 Å². The lowest BCUT2D eigenvalue weighted by Crippen LogP contribution is -2.06. The zero-order valence-corrected chi connectivity index (χ0v) is 24.1. The second-order valence-electron chi connectivity index (χ2n) is 9.83. The molecule has 0 saturated carbocycles. The number of hydrogen-bond acceptors (Lipinski definition) is 7. The molecule has 0 saturated heterocycles. The number of halogens is 4. The number of rotatable bonds is 8. The lowest BCUT2D eigenvalue weighted by molar-refractivity contribution is -0.0521. The Bertz CT molecular complexity index is 1970. The van der Waals surface area contributed by atoms with Gasteiger partial charge in [0.15, 0.2) is 33.1 Å². The van der Waals surface area contributed by atoms with Crippen LogP contribution in [0.25, 0.3) is 39.4 Å². The van der Waals surface area contributed by atoms with Gasteiger partial charge in [0.1, 0.15) is 17.3 Å². The number of sulfone groups is 1. The van der Waals surface area contributed by atoms with Gasteiger partial charge >= 0.3 is 6.61 Å². The van der Waals surface area contributed by atoms with Gasteiger partial charge in [-0.05, 0) is 67.4 Å². The Kier molecular flexibility index (Phi) is 7.88. The number of oxazole rings is 1. The molecule has 43 heavy (non-hydrogen) atoms. The Hall–Kier alpha value is -4.49. The molecule has 0 bridgehead atoms. The van der Waals surface area contributed by atoms with E-state index in [4.69, 9.17) is 4.42 Å². The molecule has 0 atom stereocenters. The molecule has 0 spiro atoms. The van der Waals surface area contributed by atoms with Crippen LogP contribution in [0.2, 0.25) is 0 Å². The van der Waals surface area contributed by atoms with E-state index in [0.717, 1.165) is 30.1 Å². The molecule has 0 aliphatic heterocycles. The number of nitrogens with zero attached hydrogens (tertiary/aromatic N) is 3. The molecule has 0 radical (unpaired) electrons. The highest BCUT2D eigenvalue weighted by molar-refractivity contribution is 7.90. The van der Waals surface area contributed by atoms with Crippen LogP contribution in [0.3, 0.4) is 0 Å². The van der Waals surface area contributed by atoms with E-state index in [1.807, 2.05) is 6.92 Å². The fraction of sp³-hybridized carbons (Fsp3) is 0.200. The Balaban J connectivity index is 1.78. The molecule has 13 heteroatoms. The van der Waals surface area contributed by atoms with Crippen LogP contribution in [0.15, 0.2) is 64.0 Å². The van der Waals surface area contributed by atoms with E-state index in [1.165, 1.54) is 12.1 Å². The number of benzene rings is 3. The summed E-state index contributed by atoms with van der Waals surface area (Å²) in [7, 11) is -3.91. The van der Waals surface area contributed by atoms with Crippen LogP contribution >= 0.6 is 0 Å². The molecule has 5 aromatic rings. The standard InChI is InChI=1S/C30H25F4N3O5S/c1-15-13-37(16(2)35-15)25-8-6-18(20-10-24(32)22(14-38)27(12-20)43(4,39)40)9-21(25)28-29(41-17(3)36-28)19-5-7-23(31)26(11-19)42-30(33)34/h5-13,30,38H,14H2,1-4H3. The third-order valence-electron chi connectivity index (χ3n) is 6.70. The summed E-state index contributed by atoms with van der Waals surface area (Å²) >= 11 is 0. The maximum atomic E-state index is 15.0. The van der Waals surface area contributed by atoms with E-state index in [9.17, 15) is 26.7 Å². The van der Waals surface area contributed by atoms with Gasteiger partial charge in [-0.25, -0.2) is 27.2 Å². The molecule has 5 rings (SSSR count). The minimum absolute atomic E-state index is 0.114. The van der Waals surface area contributed by atoms with Crippen LogP contribution in [0, 0.1) is 32.4 Å². The summed E-state index contributed by atoms with van der Waals surface area (Å²) in [4.78, 5) is 8.65. The lowest BCUT2D eigenvalue weighted by Gasteiger charge is -2.15. The molecule has 1 N–H and O–H groups in total. The topological polar surface area (TPSA) is 107 Å². The molecule has 0 amide bonds. The first kappa shape index (κ1) is 30.0. The van der Waals surface area contributed by atoms with Crippen molar-refractivity contribution in [1.29, 1.82) is 0 Å². The molecule has 0 unspecified atom stereocenters. The van der Waals surface area contributed by atoms with Crippen LogP contribution < -0.4 is 4.74 Å². The number of aromatic nitrogens is 3. The van der Waals surface area contributed by atoms with Gasteiger partial charge in [0.05, 0.1) is 22.9 Å². The second kappa shape index (κ2) is 11.3. The first-order valence-electron chi connectivity index (χ1n) is 12.8. The predicted molar refractivity (Wildman–Crippen MR) is 150 cm³/mol. The van der Waals surface area contributed by atoms with Gasteiger partial charge in [-0.2, -0.15) is 8.78 Å². The smallest absolute Gasteiger partial charge is 0.387 e. The SMILES string of the molecule is Cc1cn(-c2ccc(-c3cc(F)c(CO)c(S(C)(=O)=O)c3)cc2-c2nc(C)oc2-c2ccc(F)c(OC(F)F)c2)c(C)n1. The molecule has 2 aromatic heterocycles. The van der Waals surface area contributed by atoms with Crippen molar-refractivity contribution >= 4 is 9.84 Å². The molecule has 224 valence electrons. The summed E-state index contributed by atoms with van der Waals surface area (Å²) in [6, 6.07) is 10.8. The van der Waals surface area contributed by atoms with Crippen molar-refractivity contribution in [2.45, 2.75) is 38.9 Å². The van der Waals surface area contributed by atoms with E-state index in [2.05, 4.69) is 14.7 Å². The second-order valence-corrected chi connectivity index (χ2v) is 11.8. The molecule has 0 aliphatic carbocycles.